The molecule has 0 spiro atoms. The first-order valence-electron chi connectivity index (χ1n) is 7.55. The van der Waals surface area contributed by atoms with Crippen LogP contribution in [-0.4, -0.2) is 10.5 Å². The molecule has 2 aromatic carbocycles. The number of aryl methyl sites for hydroxylation is 2. The number of rotatable bonds is 3. The van der Waals surface area contributed by atoms with Crippen LogP contribution < -0.4 is 4.80 Å². The van der Waals surface area contributed by atoms with Gasteiger partial charge in [0, 0.05) is 12.1 Å². The lowest BCUT2D eigenvalue weighted by molar-refractivity contribution is 0.0998. The molecule has 0 radical (unpaired) electrons. The van der Waals surface area contributed by atoms with E-state index in [0.29, 0.717) is 16.9 Å². The fourth-order valence-electron chi connectivity index (χ4n) is 2.72. The summed E-state index contributed by atoms with van der Waals surface area (Å²) in [7, 11) is 0. The zero-order valence-electron chi connectivity index (χ0n) is 13.5. The van der Waals surface area contributed by atoms with Crippen LogP contribution in [0.15, 0.2) is 54.0 Å². The summed E-state index contributed by atoms with van der Waals surface area (Å²) < 4.78 is 16.1. The van der Waals surface area contributed by atoms with Crippen molar-refractivity contribution in [2.75, 3.05) is 0 Å². The molecule has 3 rings (SSSR count). The van der Waals surface area contributed by atoms with E-state index in [-0.39, 0.29) is 11.7 Å². The minimum atomic E-state index is -0.381. The van der Waals surface area contributed by atoms with Crippen molar-refractivity contribution >= 4 is 27.5 Å². The third-order valence-electron chi connectivity index (χ3n) is 3.71. The van der Waals surface area contributed by atoms with Gasteiger partial charge in [-0.1, -0.05) is 23.5 Å². The molecule has 0 bridgehead atoms. The van der Waals surface area contributed by atoms with Crippen molar-refractivity contribution in [2.45, 2.75) is 20.4 Å². The monoisotopic (exact) mass is 340 g/mol. The number of carbonyl (C=O) groups excluding carboxylic acids is 1. The van der Waals surface area contributed by atoms with Crippen LogP contribution in [-0.2, 0) is 6.54 Å². The topological polar surface area (TPSA) is 34.4 Å². The smallest absolute Gasteiger partial charge is 0.279 e. The highest BCUT2D eigenvalue weighted by molar-refractivity contribution is 7.16. The summed E-state index contributed by atoms with van der Waals surface area (Å²) in [5.74, 6) is -0.755. The molecule has 0 aliphatic carbocycles. The van der Waals surface area contributed by atoms with E-state index in [1.165, 1.54) is 41.2 Å². The zero-order valence-corrected chi connectivity index (χ0v) is 14.4. The molecule has 0 saturated carbocycles. The molecule has 0 N–H and O–H groups in total. The molecule has 122 valence electrons. The molecule has 0 atom stereocenters. The van der Waals surface area contributed by atoms with Crippen LogP contribution >= 0.6 is 11.3 Å². The molecule has 3 nitrogen and oxygen atoms in total. The van der Waals surface area contributed by atoms with Crippen molar-refractivity contribution in [3.8, 4) is 0 Å². The van der Waals surface area contributed by atoms with Gasteiger partial charge in [0.2, 0.25) is 0 Å². The molecule has 0 fully saturated rings. The quantitative estimate of drug-likeness (QED) is 0.651. The molecule has 3 aromatic rings. The van der Waals surface area contributed by atoms with Crippen LogP contribution in [0.25, 0.3) is 10.2 Å². The number of aromatic nitrogens is 1. The number of fused-ring (bicyclic) bond motifs is 1. The molecular weight excluding hydrogens is 323 g/mol. The Morgan fingerprint density at radius 1 is 1.29 bits per heavy atom. The number of halogens is 1. The third kappa shape index (κ3) is 3.08. The number of amides is 1. The summed E-state index contributed by atoms with van der Waals surface area (Å²) in [4.78, 5) is 17.3. The van der Waals surface area contributed by atoms with Gasteiger partial charge in [-0.15, -0.1) is 6.58 Å². The van der Waals surface area contributed by atoms with Gasteiger partial charge in [0.05, 0.1) is 10.2 Å². The second-order valence-corrected chi connectivity index (χ2v) is 6.65. The van der Waals surface area contributed by atoms with Crippen molar-refractivity contribution in [2.24, 2.45) is 4.99 Å². The lowest BCUT2D eigenvalue weighted by Gasteiger charge is -2.05. The largest absolute Gasteiger partial charge is 0.312 e. The van der Waals surface area contributed by atoms with Gasteiger partial charge in [-0.25, -0.2) is 4.39 Å². The first-order chi connectivity index (χ1) is 11.5. The normalized spacial score (nSPS) is 11.9. The Balaban J connectivity index is 2.19. The minimum absolute atomic E-state index is 0.368. The van der Waals surface area contributed by atoms with Crippen LogP contribution in [0.3, 0.4) is 0 Å². The molecular formula is C19H17FN2OS. The molecule has 1 heterocycles. The SMILES string of the molecule is C=CCn1c(=NC(=O)c2ccc(F)cc2)sc2cc(C)cc(C)c21. The summed E-state index contributed by atoms with van der Waals surface area (Å²) in [6, 6.07) is 9.62. The molecule has 0 saturated heterocycles. The summed E-state index contributed by atoms with van der Waals surface area (Å²) in [5, 5.41) is 0. The predicted molar refractivity (Wildman–Crippen MR) is 95.8 cm³/mol. The number of thiazole rings is 1. The average molecular weight is 340 g/mol. The highest BCUT2D eigenvalue weighted by Crippen LogP contribution is 2.23. The lowest BCUT2D eigenvalue weighted by atomic mass is 10.1. The summed E-state index contributed by atoms with van der Waals surface area (Å²) in [6.45, 7) is 8.46. The fourth-order valence-corrected chi connectivity index (χ4v) is 3.93. The molecule has 0 aliphatic rings. The van der Waals surface area contributed by atoms with Gasteiger partial charge in [0.15, 0.2) is 4.80 Å². The van der Waals surface area contributed by atoms with E-state index in [9.17, 15) is 9.18 Å². The van der Waals surface area contributed by atoms with Crippen molar-refractivity contribution in [3.63, 3.8) is 0 Å². The maximum atomic E-state index is 13.0. The van der Waals surface area contributed by atoms with Gasteiger partial charge >= 0.3 is 0 Å². The number of nitrogens with zero attached hydrogens (tertiary/aromatic N) is 2. The lowest BCUT2D eigenvalue weighted by Crippen LogP contribution is -2.16. The number of hydrogen-bond donors (Lipinski definition) is 0. The van der Waals surface area contributed by atoms with Gasteiger partial charge < -0.3 is 4.57 Å². The number of hydrogen-bond acceptors (Lipinski definition) is 2. The fraction of sp³-hybridized carbons (Fsp3) is 0.158. The summed E-state index contributed by atoms with van der Waals surface area (Å²) >= 11 is 1.47. The Labute approximate surface area is 143 Å². The molecule has 24 heavy (non-hydrogen) atoms. The molecule has 1 aromatic heterocycles. The van der Waals surface area contributed by atoms with Gasteiger partial charge in [-0.2, -0.15) is 4.99 Å². The maximum absolute atomic E-state index is 13.0. The Morgan fingerprint density at radius 2 is 2.00 bits per heavy atom. The predicted octanol–water partition coefficient (Wildman–Crippen LogP) is 4.39. The first kappa shape index (κ1) is 16.3. The number of benzene rings is 2. The van der Waals surface area contributed by atoms with Gasteiger partial charge in [-0.3, -0.25) is 4.79 Å². The minimum Gasteiger partial charge on any atom is -0.312 e. The van der Waals surface area contributed by atoms with Crippen molar-refractivity contribution in [1.29, 1.82) is 0 Å². The summed E-state index contributed by atoms with van der Waals surface area (Å²) in [5.41, 5.74) is 3.74. The second kappa shape index (κ2) is 6.53. The van der Waals surface area contributed by atoms with E-state index >= 15 is 0 Å². The highest BCUT2D eigenvalue weighted by atomic mass is 32.1. The Kier molecular flexibility index (Phi) is 4.44. The van der Waals surface area contributed by atoms with Crippen LogP contribution in [0.4, 0.5) is 4.39 Å². The van der Waals surface area contributed by atoms with Crippen LogP contribution in [0.2, 0.25) is 0 Å². The second-order valence-electron chi connectivity index (χ2n) is 5.64. The molecule has 0 unspecified atom stereocenters. The summed E-state index contributed by atoms with van der Waals surface area (Å²) in [6.07, 6.45) is 1.78. The molecule has 1 amide bonds. The average Bonchev–Trinajstić information content (AvgIpc) is 2.85. The van der Waals surface area contributed by atoms with E-state index < -0.39 is 0 Å². The maximum Gasteiger partial charge on any atom is 0.279 e. The Morgan fingerprint density at radius 3 is 2.67 bits per heavy atom. The van der Waals surface area contributed by atoms with Gasteiger partial charge in [0.25, 0.3) is 5.91 Å². The standard InChI is InChI=1S/C19H17FN2OS/c1-4-9-22-17-13(3)10-12(2)11-16(17)24-19(22)21-18(23)14-5-7-15(20)8-6-14/h4-8,10-11H,1,9H2,2-3H3. The van der Waals surface area contributed by atoms with Crippen molar-refractivity contribution < 1.29 is 9.18 Å². The van der Waals surface area contributed by atoms with Crippen molar-refractivity contribution in [1.82, 2.24) is 4.57 Å². The first-order valence-corrected chi connectivity index (χ1v) is 8.37. The molecule has 0 aliphatic heterocycles. The van der Waals surface area contributed by atoms with Gasteiger partial charge in [0.1, 0.15) is 5.82 Å². The Bertz CT molecular complexity index is 997. The van der Waals surface area contributed by atoms with E-state index in [0.717, 1.165) is 15.8 Å². The van der Waals surface area contributed by atoms with Crippen molar-refractivity contribution in [3.05, 3.63) is 76.4 Å². The number of allylic oxidation sites excluding steroid dienone is 1. The number of carbonyl (C=O) groups is 1. The molecule has 5 heteroatoms. The van der Waals surface area contributed by atoms with E-state index in [2.05, 4.69) is 23.7 Å². The van der Waals surface area contributed by atoms with Gasteiger partial charge in [-0.05, 0) is 55.3 Å². The van der Waals surface area contributed by atoms with Crippen LogP contribution in [0.1, 0.15) is 21.5 Å². The van der Waals surface area contributed by atoms with Crippen LogP contribution in [0, 0.1) is 19.7 Å². The van der Waals surface area contributed by atoms with E-state index in [1.807, 2.05) is 18.4 Å². The third-order valence-corrected chi connectivity index (χ3v) is 4.74. The van der Waals surface area contributed by atoms with E-state index in [4.69, 9.17) is 0 Å². The van der Waals surface area contributed by atoms with E-state index in [1.54, 1.807) is 6.08 Å². The van der Waals surface area contributed by atoms with Crippen LogP contribution in [0.5, 0.6) is 0 Å². The highest BCUT2D eigenvalue weighted by Gasteiger charge is 2.11. The zero-order chi connectivity index (χ0) is 17.3. The Hall–Kier alpha value is -2.53.